The molecule has 2 aromatic heterocycles. The summed E-state index contributed by atoms with van der Waals surface area (Å²) in [4.78, 5) is 2.21. The fraction of sp³-hybridized carbons (Fsp3) is 0.111. The van der Waals surface area contributed by atoms with E-state index in [0.29, 0.717) is 0 Å². The van der Waals surface area contributed by atoms with Gasteiger partial charge in [-0.05, 0) is 39.5 Å². The van der Waals surface area contributed by atoms with Crippen molar-refractivity contribution in [2.75, 3.05) is 0 Å². The molecule has 2 aromatic rings. The van der Waals surface area contributed by atoms with Crippen molar-refractivity contribution in [2.45, 2.75) is 5.38 Å². The topological polar surface area (TPSA) is 0 Å². The molecular formula is C9H5BrCl2S2. The second kappa shape index (κ2) is 4.54. The first-order valence-electron chi connectivity index (χ1n) is 3.80. The lowest BCUT2D eigenvalue weighted by molar-refractivity contribution is 1.23. The van der Waals surface area contributed by atoms with Gasteiger partial charge in [-0.3, -0.25) is 0 Å². The van der Waals surface area contributed by atoms with E-state index in [2.05, 4.69) is 15.9 Å². The van der Waals surface area contributed by atoms with Crippen molar-refractivity contribution in [3.8, 4) is 0 Å². The standard InChI is InChI=1S/C9H5BrCl2S2/c10-5-3-4-13-9(5)8(12)6-1-2-7(11)14-6/h1-4,8H. The number of hydrogen-bond acceptors (Lipinski definition) is 2. The Balaban J connectivity index is 2.33. The van der Waals surface area contributed by atoms with Crippen molar-refractivity contribution in [3.63, 3.8) is 0 Å². The van der Waals surface area contributed by atoms with E-state index in [4.69, 9.17) is 23.2 Å². The molecule has 0 aromatic carbocycles. The van der Waals surface area contributed by atoms with Crippen molar-refractivity contribution in [2.24, 2.45) is 0 Å². The highest BCUT2D eigenvalue weighted by Gasteiger charge is 2.16. The molecule has 74 valence electrons. The van der Waals surface area contributed by atoms with Crippen LogP contribution in [-0.4, -0.2) is 0 Å². The van der Waals surface area contributed by atoms with Gasteiger partial charge in [0.25, 0.3) is 0 Å². The van der Waals surface area contributed by atoms with Gasteiger partial charge >= 0.3 is 0 Å². The monoisotopic (exact) mass is 326 g/mol. The summed E-state index contributed by atoms with van der Waals surface area (Å²) in [6.45, 7) is 0. The minimum Gasteiger partial charge on any atom is -0.146 e. The fourth-order valence-electron chi connectivity index (χ4n) is 1.08. The fourth-order valence-corrected chi connectivity index (χ4v) is 4.41. The van der Waals surface area contributed by atoms with Gasteiger partial charge in [-0.1, -0.05) is 11.6 Å². The maximum absolute atomic E-state index is 6.32. The second-order valence-electron chi connectivity index (χ2n) is 2.64. The van der Waals surface area contributed by atoms with Crippen molar-refractivity contribution in [3.05, 3.63) is 42.1 Å². The maximum atomic E-state index is 6.32. The Labute approximate surface area is 109 Å². The van der Waals surface area contributed by atoms with Gasteiger partial charge in [0.1, 0.15) is 5.38 Å². The average molecular weight is 328 g/mol. The molecule has 0 aliphatic rings. The van der Waals surface area contributed by atoms with E-state index in [-0.39, 0.29) is 5.38 Å². The Hall–Kier alpha value is 0.460. The molecule has 1 atom stereocenters. The summed E-state index contributed by atoms with van der Waals surface area (Å²) in [7, 11) is 0. The Morgan fingerprint density at radius 2 is 2.07 bits per heavy atom. The van der Waals surface area contributed by atoms with Gasteiger partial charge in [-0.2, -0.15) is 0 Å². The van der Waals surface area contributed by atoms with Gasteiger partial charge < -0.3 is 0 Å². The second-order valence-corrected chi connectivity index (χ2v) is 6.62. The third kappa shape index (κ3) is 2.17. The number of rotatable bonds is 2. The molecule has 0 saturated heterocycles. The Kier molecular flexibility index (Phi) is 3.55. The van der Waals surface area contributed by atoms with E-state index < -0.39 is 0 Å². The van der Waals surface area contributed by atoms with Crippen molar-refractivity contribution < 1.29 is 0 Å². The SMILES string of the molecule is Clc1ccc(C(Cl)c2sccc2Br)s1. The number of thiophene rings is 2. The van der Waals surface area contributed by atoms with Gasteiger partial charge in [0.2, 0.25) is 0 Å². The highest BCUT2D eigenvalue weighted by atomic mass is 79.9. The highest BCUT2D eigenvalue weighted by Crippen LogP contribution is 2.40. The summed E-state index contributed by atoms with van der Waals surface area (Å²) in [5.74, 6) is 0. The molecule has 2 heterocycles. The molecule has 0 amide bonds. The van der Waals surface area contributed by atoms with Crippen molar-refractivity contribution in [1.29, 1.82) is 0 Å². The molecule has 0 N–H and O–H groups in total. The predicted octanol–water partition coefficient (Wildman–Crippen LogP) is 5.55. The van der Waals surface area contributed by atoms with E-state index in [1.54, 1.807) is 11.3 Å². The molecule has 14 heavy (non-hydrogen) atoms. The summed E-state index contributed by atoms with van der Waals surface area (Å²) < 4.78 is 1.84. The lowest BCUT2D eigenvalue weighted by Crippen LogP contribution is -1.85. The van der Waals surface area contributed by atoms with E-state index in [1.165, 1.54) is 11.3 Å². The minimum absolute atomic E-state index is 0.0955. The number of halogens is 3. The van der Waals surface area contributed by atoms with Crippen molar-refractivity contribution in [1.82, 2.24) is 0 Å². The van der Waals surface area contributed by atoms with Crippen LogP contribution in [0.5, 0.6) is 0 Å². The van der Waals surface area contributed by atoms with E-state index in [1.807, 2.05) is 23.6 Å². The van der Waals surface area contributed by atoms with E-state index in [9.17, 15) is 0 Å². The molecule has 0 saturated carbocycles. The van der Waals surface area contributed by atoms with Crippen LogP contribution in [0.2, 0.25) is 4.34 Å². The zero-order valence-electron chi connectivity index (χ0n) is 6.84. The molecule has 0 nitrogen and oxygen atoms in total. The zero-order valence-corrected chi connectivity index (χ0v) is 11.6. The van der Waals surface area contributed by atoms with Crippen LogP contribution in [0.25, 0.3) is 0 Å². The Morgan fingerprint density at radius 3 is 2.57 bits per heavy atom. The average Bonchev–Trinajstić information content (AvgIpc) is 2.73. The highest BCUT2D eigenvalue weighted by molar-refractivity contribution is 9.10. The summed E-state index contributed by atoms with van der Waals surface area (Å²) >= 11 is 18.8. The third-order valence-corrected chi connectivity index (χ3v) is 5.66. The van der Waals surface area contributed by atoms with Gasteiger partial charge in [0.15, 0.2) is 0 Å². The lowest BCUT2D eigenvalue weighted by Gasteiger charge is -2.04. The van der Waals surface area contributed by atoms with E-state index in [0.717, 1.165) is 18.6 Å². The van der Waals surface area contributed by atoms with Crippen LogP contribution in [0.3, 0.4) is 0 Å². The largest absolute Gasteiger partial charge is 0.146 e. The summed E-state index contributed by atoms with van der Waals surface area (Å²) in [6.07, 6.45) is 0. The molecular weight excluding hydrogens is 323 g/mol. The summed E-state index contributed by atoms with van der Waals surface area (Å²) in [5.41, 5.74) is 0. The molecule has 0 spiro atoms. The first kappa shape index (κ1) is 11.0. The summed E-state index contributed by atoms with van der Waals surface area (Å²) in [5, 5.41) is 1.92. The first-order chi connectivity index (χ1) is 6.68. The molecule has 1 unspecified atom stereocenters. The predicted molar refractivity (Wildman–Crippen MR) is 69.0 cm³/mol. The molecule has 0 bridgehead atoms. The zero-order chi connectivity index (χ0) is 10.1. The molecule has 0 fully saturated rings. The summed E-state index contributed by atoms with van der Waals surface area (Å²) in [6, 6.07) is 5.85. The third-order valence-electron chi connectivity index (χ3n) is 1.72. The first-order valence-corrected chi connectivity index (χ1v) is 7.11. The lowest BCUT2D eigenvalue weighted by atomic mass is 10.3. The van der Waals surface area contributed by atoms with Crippen LogP contribution in [0.4, 0.5) is 0 Å². The number of hydrogen-bond donors (Lipinski definition) is 0. The Bertz CT molecular complexity index is 435. The minimum atomic E-state index is -0.0955. The molecule has 2 rings (SSSR count). The van der Waals surface area contributed by atoms with Gasteiger partial charge in [0, 0.05) is 14.2 Å². The smallest absolute Gasteiger partial charge is 0.103 e. The van der Waals surface area contributed by atoms with Crippen molar-refractivity contribution >= 4 is 61.8 Å². The van der Waals surface area contributed by atoms with Crippen LogP contribution in [0.1, 0.15) is 15.1 Å². The van der Waals surface area contributed by atoms with Crippen LogP contribution in [0.15, 0.2) is 28.1 Å². The molecule has 5 heteroatoms. The van der Waals surface area contributed by atoms with Gasteiger partial charge in [0.05, 0.1) is 4.34 Å². The molecule has 0 aliphatic carbocycles. The van der Waals surface area contributed by atoms with Crippen LogP contribution in [0, 0.1) is 0 Å². The van der Waals surface area contributed by atoms with Crippen LogP contribution < -0.4 is 0 Å². The maximum Gasteiger partial charge on any atom is 0.103 e. The van der Waals surface area contributed by atoms with E-state index >= 15 is 0 Å². The van der Waals surface area contributed by atoms with Gasteiger partial charge in [-0.15, -0.1) is 34.3 Å². The van der Waals surface area contributed by atoms with Crippen LogP contribution in [-0.2, 0) is 0 Å². The molecule has 0 aliphatic heterocycles. The van der Waals surface area contributed by atoms with Crippen LogP contribution >= 0.6 is 61.8 Å². The quantitative estimate of drug-likeness (QED) is 0.634. The molecule has 0 radical (unpaired) electrons. The number of alkyl halides is 1. The van der Waals surface area contributed by atoms with Gasteiger partial charge in [-0.25, -0.2) is 0 Å². The Morgan fingerprint density at radius 1 is 1.29 bits per heavy atom. The normalized spacial score (nSPS) is 13.1.